The largest absolute Gasteiger partial charge is 0.444 e. The van der Waals surface area contributed by atoms with Gasteiger partial charge in [-0.2, -0.15) is 9.61 Å². The Morgan fingerprint density at radius 3 is 2.52 bits per heavy atom. The number of nitrogens with zero attached hydrogens (tertiary/aromatic N) is 8. The maximum atomic E-state index is 13.8. The fourth-order valence-corrected chi connectivity index (χ4v) is 5.27. The lowest BCUT2D eigenvalue weighted by molar-refractivity contribution is -0.0104. The molecule has 0 bridgehead atoms. The molecule has 0 spiro atoms. The second-order valence-corrected chi connectivity index (χ2v) is 14.0. The number of aliphatic hydroxyl groups is 1. The minimum absolute atomic E-state index is 0.0928. The van der Waals surface area contributed by atoms with Crippen molar-refractivity contribution in [3.05, 3.63) is 48.2 Å². The minimum Gasteiger partial charge on any atom is -0.444 e. The second-order valence-electron chi connectivity index (χ2n) is 14.0. The first-order valence-corrected chi connectivity index (χ1v) is 15.7. The Morgan fingerprint density at radius 1 is 1.13 bits per heavy atom. The average molecular weight is 636 g/mol. The van der Waals surface area contributed by atoms with Gasteiger partial charge in [0.25, 0.3) is 0 Å². The molecule has 2 N–H and O–H groups in total. The van der Waals surface area contributed by atoms with Crippen molar-refractivity contribution in [2.75, 3.05) is 29.9 Å². The first-order valence-electron chi connectivity index (χ1n) is 15.7. The van der Waals surface area contributed by atoms with E-state index < -0.39 is 29.5 Å². The van der Waals surface area contributed by atoms with Crippen LogP contribution in [0.25, 0.3) is 11.4 Å². The van der Waals surface area contributed by atoms with Gasteiger partial charge in [-0.05, 0) is 59.9 Å². The van der Waals surface area contributed by atoms with Gasteiger partial charge in [0.2, 0.25) is 5.78 Å². The molecule has 1 fully saturated rings. The number of carbonyl (C=O) groups excluding carboxylic acids is 2. The lowest BCUT2D eigenvalue weighted by Crippen LogP contribution is -2.49. The number of rotatable bonds is 7. The third kappa shape index (κ3) is 7.66. The summed E-state index contributed by atoms with van der Waals surface area (Å²) in [6, 6.07) is 3.56. The molecule has 5 heterocycles. The topological polar surface area (TPSA) is 152 Å². The molecule has 1 saturated heterocycles. The number of aromatic nitrogens is 6. The summed E-state index contributed by atoms with van der Waals surface area (Å²) in [5.41, 5.74) is 0.762. The second kappa shape index (κ2) is 12.7. The van der Waals surface area contributed by atoms with Crippen molar-refractivity contribution < 1.29 is 24.2 Å². The monoisotopic (exact) mass is 635 g/mol. The van der Waals surface area contributed by atoms with Crippen LogP contribution in [0.1, 0.15) is 79.0 Å². The number of β-amino-alcohol motifs (C(OH)–C–C–N with tert-alkyl or cyclic N) is 1. The standard InChI is InChI=1S/C32H45N9O5/c1-20(2)23-16-35-41-26(40(30(44)46-32(6,7)8)18-22-17-38-12-9-11-33-28(38)36-22)14-25(37-27(23)41)34-15-21-10-13-39(19-24(21)42)29(43)45-31(3,4)5/h9,11-12,14,16-17,20-21,24,42H,10,13,15,18-19H2,1-8H3,(H,34,37)/t21-,24+/m1/s1. The number of amides is 2. The Balaban J connectivity index is 1.45. The molecule has 0 saturated carbocycles. The molecule has 2 atom stereocenters. The summed E-state index contributed by atoms with van der Waals surface area (Å²) in [5, 5.41) is 19.0. The zero-order chi connectivity index (χ0) is 33.4. The number of hydrogen-bond donors (Lipinski definition) is 2. The molecule has 0 radical (unpaired) electrons. The number of aliphatic hydroxyl groups excluding tert-OH is 1. The molecule has 14 nitrogen and oxygen atoms in total. The van der Waals surface area contributed by atoms with Gasteiger partial charge in [-0.3, -0.25) is 9.30 Å². The molecule has 1 aliphatic heterocycles. The molecule has 248 valence electrons. The quantitative estimate of drug-likeness (QED) is 0.288. The Labute approximate surface area is 268 Å². The Bertz CT molecular complexity index is 1670. The summed E-state index contributed by atoms with van der Waals surface area (Å²) in [7, 11) is 0. The number of fused-ring (bicyclic) bond motifs is 2. The Hall–Kier alpha value is -4.46. The van der Waals surface area contributed by atoms with Gasteiger partial charge in [0.1, 0.15) is 22.8 Å². The van der Waals surface area contributed by atoms with E-state index in [1.165, 1.54) is 4.90 Å². The van der Waals surface area contributed by atoms with Crippen LogP contribution in [-0.2, 0) is 16.0 Å². The van der Waals surface area contributed by atoms with Crippen molar-refractivity contribution in [2.45, 2.75) is 91.6 Å². The van der Waals surface area contributed by atoms with E-state index in [-0.39, 0.29) is 24.9 Å². The highest BCUT2D eigenvalue weighted by molar-refractivity contribution is 5.88. The molecule has 1 aliphatic rings. The molecule has 0 aromatic carbocycles. The number of imidazole rings is 1. The van der Waals surface area contributed by atoms with Crippen LogP contribution < -0.4 is 10.2 Å². The van der Waals surface area contributed by atoms with E-state index in [1.54, 1.807) is 32.3 Å². The van der Waals surface area contributed by atoms with E-state index in [2.05, 4.69) is 34.2 Å². The number of likely N-dealkylation sites (tertiary alicyclic amines) is 1. The highest BCUT2D eigenvalue weighted by atomic mass is 16.6. The summed E-state index contributed by atoms with van der Waals surface area (Å²) in [6.07, 6.45) is 5.93. The van der Waals surface area contributed by atoms with E-state index in [0.717, 1.165) is 5.56 Å². The van der Waals surface area contributed by atoms with Gasteiger partial charge in [0.15, 0.2) is 5.65 Å². The maximum Gasteiger partial charge on any atom is 0.416 e. The third-order valence-electron chi connectivity index (χ3n) is 7.52. The third-order valence-corrected chi connectivity index (χ3v) is 7.52. The molecule has 0 aliphatic carbocycles. The van der Waals surface area contributed by atoms with Crippen molar-refractivity contribution in [2.24, 2.45) is 5.92 Å². The van der Waals surface area contributed by atoms with Gasteiger partial charge in [-0.15, -0.1) is 0 Å². The van der Waals surface area contributed by atoms with Crippen LogP contribution in [0.2, 0.25) is 0 Å². The lowest BCUT2D eigenvalue weighted by atomic mass is 9.94. The molecule has 14 heteroatoms. The average Bonchev–Trinajstić information content (AvgIpc) is 3.57. The fraction of sp³-hybridized carbons (Fsp3) is 0.562. The summed E-state index contributed by atoms with van der Waals surface area (Å²) >= 11 is 0. The van der Waals surface area contributed by atoms with Crippen LogP contribution >= 0.6 is 0 Å². The van der Waals surface area contributed by atoms with E-state index in [0.29, 0.717) is 48.3 Å². The minimum atomic E-state index is -0.750. The maximum absolute atomic E-state index is 13.8. The van der Waals surface area contributed by atoms with Crippen LogP contribution in [0.4, 0.5) is 21.2 Å². The zero-order valence-corrected chi connectivity index (χ0v) is 27.9. The van der Waals surface area contributed by atoms with Gasteiger partial charge in [0, 0.05) is 49.2 Å². The van der Waals surface area contributed by atoms with E-state index in [1.807, 2.05) is 60.0 Å². The molecular formula is C32H45N9O5. The number of hydrogen-bond acceptors (Lipinski definition) is 10. The number of nitrogens with one attached hydrogen (secondary N) is 1. The van der Waals surface area contributed by atoms with Crippen LogP contribution in [0.15, 0.2) is 36.9 Å². The highest BCUT2D eigenvalue weighted by Crippen LogP contribution is 2.29. The van der Waals surface area contributed by atoms with Crippen molar-refractivity contribution in [1.82, 2.24) is 33.9 Å². The number of ether oxygens (including phenoxy) is 2. The normalized spacial score (nSPS) is 17.5. The lowest BCUT2D eigenvalue weighted by Gasteiger charge is -2.36. The van der Waals surface area contributed by atoms with Crippen molar-refractivity contribution >= 4 is 35.2 Å². The number of anilines is 2. The Kier molecular flexibility index (Phi) is 9.12. The van der Waals surface area contributed by atoms with Crippen LogP contribution in [-0.4, -0.2) is 88.1 Å². The summed E-state index contributed by atoms with van der Waals surface area (Å²) < 4.78 is 14.8. The SMILES string of the molecule is CC(C)c1cnn2c(N(Cc3cn4cccnc4n3)C(=O)OC(C)(C)C)cc(NC[C@H]3CCN(C(=O)OC(C)(C)C)C[C@@H]3O)nc12. The summed E-state index contributed by atoms with van der Waals surface area (Å²) in [5.74, 6) is 1.45. The predicted molar refractivity (Wildman–Crippen MR) is 173 cm³/mol. The summed E-state index contributed by atoms with van der Waals surface area (Å²) in [4.78, 5) is 43.2. The van der Waals surface area contributed by atoms with Gasteiger partial charge < -0.3 is 24.8 Å². The van der Waals surface area contributed by atoms with Crippen molar-refractivity contribution in [1.29, 1.82) is 0 Å². The predicted octanol–water partition coefficient (Wildman–Crippen LogP) is 4.87. The van der Waals surface area contributed by atoms with Crippen LogP contribution in [0, 0.1) is 5.92 Å². The zero-order valence-electron chi connectivity index (χ0n) is 27.9. The summed E-state index contributed by atoms with van der Waals surface area (Å²) in [6.45, 7) is 16.2. The molecular weight excluding hydrogens is 590 g/mol. The molecule has 4 aromatic heterocycles. The first kappa shape index (κ1) is 32.9. The molecule has 5 rings (SSSR count). The molecule has 0 unspecified atom stereocenters. The molecule has 4 aromatic rings. The van der Waals surface area contributed by atoms with Gasteiger partial charge in [-0.25, -0.2) is 24.5 Å². The fourth-order valence-electron chi connectivity index (χ4n) is 5.27. The van der Waals surface area contributed by atoms with Gasteiger partial charge in [-0.1, -0.05) is 13.8 Å². The molecule has 2 amide bonds. The number of piperidine rings is 1. The van der Waals surface area contributed by atoms with Gasteiger partial charge in [0.05, 0.1) is 31.1 Å². The van der Waals surface area contributed by atoms with Gasteiger partial charge >= 0.3 is 12.2 Å². The van der Waals surface area contributed by atoms with E-state index in [4.69, 9.17) is 14.5 Å². The molecule has 46 heavy (non-hydrogen) atoms. The van der Waals surface area contributed by atoms with Crippen LogP contribution in [0.3, 0.4) is 0 Å². The van der Waals surface area contributed by atoms with E-state index in [9.17, 15) is 14.7 Å². The smallest absolute Gasteiger partial charge is 0.416 e. The first-order chi connectivity index (χ1) is 21.6. The highest BCUT2D eigenvalue weighted by Gasteiger charge is 2.33. The Morgan fingerprint density at radius 2 is 1.87 bits per heavy atom. The van der Waals surface area contributed by atoms with Crippen molar-refractivity contribution in [3.63, 3.8) is 0 Å². The number of carbonyl (C=O) groups is 2. The van der Waals surface area contributed by atoms with Crippen LogP contribution in [0.5, 0.6) is 0 Å². The van der Waals surface area contributed by atoms with E-state index >= 15 is 0 Å². The van der Waals surface area contributed by atoms with Crippen molar-refractivity contribution in [3.8, 4) is 0 Å².